The molecule has 0 bridgehead atoms. The number of amides is 1. The SMILES string of the molecule is COCCNc1ccc(C(=O)Nc2ccc(C)c(Br)c2)nn1. The van der Waals surface area contributed by atoms with E-state index in [0.717, 1.165) is 10.0 Å². The molecule has 2 N–H and O–H groups in total. The Balaban J connectivity index is 1.98. The second-order valence-electron chi connectivity index (χ2n) is 4.64. The van der Waals surface area contributed by atoms with E-state index in [1.54, 1.807) is 19.2 Å². The number of methoxy groups -OCH3 is 1. The Kier molecular flexibility index (Phi) is 5.85. The van der Waals surface area contributed by atoms with E-state index < -0.39 is 0 Å². The van der Waals surface area contributed by atoms with Crippen LogP contribution in [-0.2, 0) is 4.74 Å². The summed E-state index contributed by atoms with van der Waals surface area (Å²) in [6, 6.07) is 8.95. The monoisotopic (exact) mass is 364 g/mol. The van der Waals surface area contributed by atoms with Crippen molar-refractivity contribution in [3.05, 3.63) is 46.1 Å². The van der Waals surface area contributed by atoms with Crippen molar-refractivity contribution in [3.8, 4) is 0 Å². The summed E-state index contributed by atoms with van der Waals surface area (Å²) in [5.41, 5.74) is 2.06. The third-order valence-electron chi connectivity index (χ3n) is 2.94. The van der Waals surface area contributed by atoms with Gasteiger partial charge in [-0.2, -0.15) is 0 Å². The highest BCUT2D eigenvalue weighted by molar-refractivity contribution is 9.10. The zero-order valence-electron chi connectivity index (χ0n) is 12.4. The van der Waals surface area contributed by atoms with Gasteiger partial charge in [0.25, 0.3) is 5.91 Å². The first-order valence-corrected chi connectivity index (χ1v) is 7.53. The average Bonchev–Trinajstić information content (AvgIpc) is 2.52. The highest BCUT2D eigenvalue weighted by atomic mass is 79.9. The van der Waals surface area contributed by atoms with Crippen molar-refractivity contribution in [2.24, 2.45) is 0 Å². The summed E-state index contributed by atoms with van der Waals surface area (Å²) in [5, 5.41) is 13.7. The Morgan fingerprint density at radius 1 is 1.27 bits per heavy atom. The van der Waals surface area contributed by atoms with Crippen molar-refractivity contribution in [3.63, 3.8) is 0 Å². The maximum Gasteiger partial charge on any atom is 0.276 e. The molecule has 0 atom stereocenters. The lowest BCUT2D eigenvalue weighted by Gasteiger charge is -2.07. The summed E-state index contributed by atoms with van der Waals surface area (Å²) in [6.45, 7) is 3.19. The molecule has 0 aliphatic carbocycles. The van der Waals surface area contributed by atoms with Crippen LogP contribution in [0.5, 0.6) is 0 Å². The largest absolute Gasteiger partial charge is 0.383 e. The maximum absolute atomic E-state index is 12.1. The van der Waals surface area contributed by atoms with Crippen LogP contribution in [0.3, 0.4) is 0 Å². The lowest BCUT2D eigenvalue weighted by Crippen LogP contribution is -2.15. The maximum atomic E-state index is 12.1. The number of carbonyl (C=O) groups is 1. The van der Waals surface area contributed by atoms with Gasteiger partial charge >= 0.3 is 0 Å². The molecule has 1 aromatic carbocycles. The van der Waals surface area contributed by atoms with E-state index in [-0.39, 0.29) is 11.6 Å². The molecule has 2 aromatic rings. The lowest BCUT2D eigenvalue weighted by molar-refractivity contribution is 0.102. The van der Waals surface area contributed by atoms with E-state index in [1.165, 1.54) is 0 Å². The van der Waals surface area contributed by atoms with Crippen molar-refractivity contribution in [1.29, 1.82) is 0 Å². The molecule has 116 valence electrons. The van der Waals surface area contributed by atoms with E-state index in [4.69, 9.17) is 4.74 Å². The molecule has 22 heavy (non-hydrogen) atoms. The Morgan fingerprint density at radius 3 is 2.73 bits per heavy atom. The molecule has 1 heterocycles. The predicted molar refractivity (Wildman–Crippen MR) is 89.2 cm³/mol. The molecular formula is C15H17BrN4O2. The number of carbonyl (C=O) groups excluding carboxylic acids is 1. The van der Waals surface area contributed by atoms with Gasteiger partial charge in [0.2, 0.25) is 0 Å². The zero-order chi connectivity index (χ0) is 15.9. The molecule has 2 rings (SSSR count). The fourth-order valence-corrected chi connectivity index (χ4v) is 2.07. The van der Waals surface area contributed by atoms with Gasteiger partial charge in [0.05, 0.1) is 6.61 Å². The number of hydrogen-bond donors (Lipinski definition) is 2. The van der Waals surface area contributed by atoms with E-state index in [0.29, 0.717) is 24.7 Å². The normalized spacial score (nSPS) is 10.3. The van der Waals surface area contributed by atoms with Gasteiger partial charge in [0, 0.05) is 23.8 Å². The number of anilines is 2. The van der Waals surface area contributed by atoms with Gasteiger partial charge in [-0.15, -0.1) is 10.2 Å². The second-order valence-corrected chi connectivity index (χ2v) is 5.50. The fraction of sp³-hybridized carbons (Fsp3) is 0.267. The topological polar surface area (TPSA) is 76.1 Å². The molecule has 0 aliphatic heterocycles. The van der Waals surface area contributed by atoms with Crippen LogP contribution in [0, 0.1) is 6.92 Å². The molecule has 0 aliphatic rings. The molecule has 7 heteroatoms. The van der Waals surface area contributed by atoms with Gasteiger partial charge in [0.1, 0.15) is 5.82 Å². The fourth-order valence-electron chi connectivity index (χ4n) is 1.69. The molecule has 6 nitrogen and oxygen atoms in total. The van der Waals surface area contributed by atoms with Gasteiger partial charge in [0.15, 0.2) is 5.69 Å². The smallest absolute Gasteiger partial charge is 0.276 e. The first-order chi connectivity index (χ1) is 10.6. The number of nitrogens with one attached hydrogen (secondary N) is 2. The van der Waals surface area contributed by atoms with E-state index in [9.17, 15) is 4.79 Å². The number of halogens is 1. The van der Waals surface area contributed by atoms with Crippen molar-refractivity contribution in [1.82, 2.24) is 10.2 Å². The van der Waals surface area contributed by atoms with Crippen molar-refractivity contribution >= 4 is 33.3 Å². The van der Waals surface area contributed by atoms with Crippen molar-refractivity contribution in [2.75, 3.05) is 30.9 Å². The first-order valence-electron chi connectivity index (χ1n) is 6.74. The van der Waals surface area contributed by atoms with E-state index in [1.807, 2.05) is 25.1 Å². The summed E-state index contributed by atoms with van der Waals surface area (Å²) >= 11 is 3.43. The van der Waals surface area contributed by atoms with E-state index >= 15 is 0 Å². The Bertz CT molecular complexity index is 646. The third kappa shape index (κ3) is 4.51. The Labute approximate surface area is 137 Å². The first kappa shape index (κ1) is 16.4. The second kappa shape index (κ2) is 7.86. The number of ether oxygens (including phenoxy) is 1. The number of benzene rings is 1. The van der Waals surface area contributed by atoms with Crippen LogP contribution < -0.4 is 10.6 Å². The summed E-state index contributed by atoms with van der Waals surface area (Å²) in [6.07, 6.45) is 0. The number of aromatic nitrogens is 2. The lowest BCUT2D eigenvalue weighted by atomic mass is 10.2. The average molecular weight is 365 g/mol. The molecule has 1 aromatic heterocycles. The van der Waals surface area contributed by atoms with Crippen LogP contribution in [-0.4, -0.2) is 36.4 Å². The highest BCUT2D eigenvalue weighted by Crippen LogP contribution is 2.20. The standard InChI is InChI=1S/C15H17BrN4O2/c1-10-3-4-11(9-12(10)16)18-15(21)13-5-6-14(20-19-13)17-7-8-22-2/h3-6,9H,7-8H2,1-2H3,(H,17,20)(H,18,21). The summed E-state index contributed by atoms with van der Waals surface area (Å²) < 4.78 is 5.87. The molecule has 0 saturated carbocycles. The van der Waals surface area contributed by atoms with Crippen LogP contribution in [0.2, 0.25) is 0 Å². The van der Waals surface area contributed by atoms with Crippen LogP contribution in [0.15, 0.2) is 34.8 Å². The summed E-state index contributed by atoms with van der Waals surface area (Å²) in [4.78, 5) is 12.1. The van der Waals surface area contributed by atoms with Crippen LogP contribution in [0.25, 0.3) is 0 Å². The van der Waals surface area contributed by atoms with Gasteiger partial charge in [-0.05, 0) is 36.8 Å². The summed E-state index contributed by atoms with van der Waals surface area (Å²) in [5.74, 6) is 0.304. The molecule has 0 radical (unpaired) electrons. The Hall–Kier alpha value is -1.99. The van der Waals surface area contributed by atoms with Crippen LogP contribution in [0.1, 0.15) is 16.1 Å². The molecule has 0 saturated heterocycles. The Morgan fingerprint density at radius 2 is 2.09 bits per heavy atom. The number of aryl methyl sites for hydroxylation is 1. The van der Waals surface area contributed by atoms with Crippen molar-refractivity contribution in [2.45, 2.75) is 6.92 Å². The molecule has 0 spiro atoms. The molecular weight excluding hydrogens is 348 g/mol. The van der Waals surface area contributed by atoms with Crippen LogP contribution in [0.4, 0.5) is 11.5 Å². The van der Waals surface area contributed by atoms with Crippen LogP contribution >= 0.6 is 15.9 Å². The van der Waals surface area contributed by atoms with Gasteiger partial charge in [-0.25, -0.2) is 0 Å². The molecule has 1 amide bonds. The minimum Gasteiger partial charge on any atom is -0.383 e. The third-order valence-corrected chi connectivity index (χ3v) is 3.79. The minimum atomic E-state index is -0.299. The number of rotatable bonds is 6. The predicted octanol–water partition coefficient (Wildman–Crippen LogP) is 2.86. The van der Waals surface area contributed by atoms with Crippen molar-refractivity contribution < 1.29 is 9.53 Å². The van der Waals surface area contributed by atoms with Gasteiger partial charge < -0.3 is 15.4 Å². The highest BCUT2D eigenvalue weighted by Gasteiger charge is 2.09. The van der Waals surface area contributed by atoms with Gasteiger partial charge in [-0.1, -0.05) is 22.0 Å². The van der Waals surface area contributed by atoms with Gasteiger partial charge in [-0.3, -0.25) is 4.79 Å². The molecule has 0 fully saturated rings. The zero-order valence-corrected chi connectivity index (χ0v) is 14.0. The number of hydrogen-bond acceptors (Lipinski definition) is 5. The number of nitrogens with zero attached hydrogens (tertiary/aromatic N) is 2. The quantitative estimate of drug-likeness (QED) is 0.770. The summed E-state index contributed by atoms with van der Waals surface area (Å²) in [7, 11) is 1.63. The molecule has 0 unspecified atom stereocenters. The van der Waals surface area contributed by atoms with E-state index in [2.05, 4.69) is 36.8 Å². The minimum absolute atomic E-state index is 0.258.